The van der Waals surface area contributed by atoms with Crippen molar-refractivity contribution < 1.29 is 9.84 Å². The van der Waals surface area contributed by atoms with Crippen molar-refractivity contribution in [1.29, 1.82) is 0 Å². The molecule has 0 radical (unpaired) electrons. The Labute approximate surface area is 84.5 Å². The van der Waals surface area contributed by atoms with Gasteiger partial charge in [0.05, 0.1) is 12.2 Å². The number of hydrogen-bond donors (Lipinski definition) is 1. The van der Waals surface area contributed by atoms with Gasteiger partial charge in [-0.2, -0.15) is 0 Å². The summed E-state index contributed by atoms with van der Waals surface area (Å²) in [6.45, 7) is 2.74. The third-order valence-corrected chi connectivity index (χ3v) is 2.67. The standard InChI is InChI=1S/C12H16O2/c1-9-3-2-4-10(7-9)12-8-11(13)5-6-14-12/h2-4,7,11-13H,5-6,8H2,1H3/t11-,12+/m1/s1. The first-order chi connectivity index (χ1) is 6.75. The lowest BCUT2D eigenvalue weighted by Crippen LogP contribution is -2.23. The van der Waals surface area contributed by atoms with E-state index in [1.807, 2.05) is 6.07 Å². The molecule has 2 nitrogen and oxygen atoms in total. The number of rotatable bonds is 1. The number of ether oxygens (including phenoxy) is 1. The lowest BCUT2D eigenvalue weighted by atomic mass is 9.98. The third kappa shape index (κ3) is 2.14. The van der Waals surface area contributed by atoms with E-state index in [1.165, 1.54) is 11.1 Å². The van der Waals surface area contributed by atoms with Crippen molar-refractivity contribution in [2.45, 2.75) is 32.0 Å². The van der Waals surface area contributed by atoms with Crippen LogP contribution in [0.3, 0.4) is 0 Å². The maximum absolute atomic E-state index is 9.53. The van der Waals surface area contributed by atoms with E-state index in [4.69, 9.17) is 4.74 Å². The lowest BCUT2D eigenvalue weighted by Gasteiger charge is -2.26. The van der Waals surface area contributed by atoms with E-state index < -0.39 is 0 Å². The molecule has 2 atom stereocenters. The molecule has 1 aliphatic rings. The zero-order valence-electron chi connectivity index (χ0n) is 8.44. The Balaban J connectivity index is 2.14. The maximum Gasteiger partial charge on any atom is 0.0849 e. The Bertz CT molecular complexity index is 309. The Morgan fingerprint density at radius 3 is 3.00 bits per heavy atom. The van der Waals surface area contributed by atoms with Crippen molar-refractivity contribution in [2.24, 2.45) is 0 Å². The Kier molecular flexibility index (Phi) is 2.85. The molecule has 1 aromatic carbocycles. The summed E-state index contributed by atoms with van der Waals surface area (Å²) in [6.07, 6.45) is 1.37. The highest BCUT2D eigenvalue weighted by atomic mass is 16.5. The second-order valence-electron chi connectivity index (χ2n) is 3.95. The van der Waals surface area contributed by atoms with Crippen molar-refractivity contribution in [3.05, 3.63) is 35.4 Å². The van der Waals surface area contributed by atoms with Gasteiger partial charge in [0.15, 0.2) is 0 Å². The zero-order valence-corrected chi connectivity index (χ0v) is 8.44. The van der Waals surface area contributed by atoms with Gasteiger partial charge in [-0.1, -0.05) is 29.8 Å². The molecule has 14 heavy (non-hydrogen) atoms. The van der Waals surface area contributed by atoms with E-state index in [-0.39, 0.29) is 12.2 Å². The zero-order chi connectivity index (χ0) is 9.97. The molecule has 0 amide bonds. The average molecular weight is 192 g/mol. The summed E-state index contributed by atoms with van der Waals surface area (Å²) >= 11 is 0. The minimum Gasteiger partial charge on any atom is -0.393 e. The number of hydrogen-bond acceptors (Lipinski definition) is 2. The van der Waals surface area contributed by atoms with Gasteiger partial charge in [0.25, 0.3) is 0 Å². The van der Waals surface area contributed by atoms with Crippen molar-refractivity contribution in [2.75, 3.05) is 6.61 Å². The SMILES string of the molecule is Cc1cccc([C@@H]2C[C@H](O)CCO2)c1. The molecular weight excluding hydrogens is 176 g/mol. The first-order valence-corrected chi connectivity index (χ1v) is 5.12. The van der Waals surface area contributed by atoms with E-state index in [2.05, 4.69) is 25.1 Å². The summed E-state index contributed by atoms with van der Waals surface area (Å²) in [5.41, 5.74) is 2.43. The second kappa shape index (κ2) is 4.11. The molecule has 1 aliphatic heterocycles. The van der Waals surface area contributed by atoms with Crippen molar-refractivity contribution >= 4 is 0 Å². The van der Waals surface area contributed by atoms with E-state index >= 15 is 0 Å². The monoisotopic (exact) mass is 192 g/mol. The van der Waals surface area contributed by atoms with Crippen LogP contribution in [0, 0.1) is 6.92 Å². The van der Waals surface area contributed by atoms with E-state index in [0.29, 0.717) is 6.61 Å². The van der Waals surface area contributed by atoms with Gasteiger partial charge in [0.2, 0.25) is 0 Å². The lowest BCUT2D eigenvalue weighted by molar-refractivity contribution is -0.0448. The Morgan fingerprint density at radius 1 is 1.43 bits per heavy atom. The molecule has 0 aliphatic carbocycles. The predicted octanol–water partition coefficient (Wildman–Crippen LogP) is 2.21. The van der Waals surface area contributed by atoms with Crippen LogP contribution in [-0.2, 0) is 4.74 Å². The van der Waals surface area contributed by atoms with E-state index in [0.717, 1.165) is 12.8 Å². The van der Waals surface area contributed by atoms with Crippen LogP contribution < -0.4 is 0 Å². The fraction of sp³-hybridized carbons (Fsp3) is 0.500. The summed E-state index contributed by atoms with van der Waals surface area (Å²) in [5, 5.41) is 9.53. The van der Waals surface area contributed by atoms with Crippen molar-refractivity contribution in [3.8, 4) is 0 Å². The van der Waals surface area contributed by atoms with Gasteiger partial charge < -0.3 is 9.84 Å². The predicted molar refractivity (Wildman–Crippen MR) is 55.1 cm³/mol. The number of aliphatic hydroxyl groups is 1. The van der Waals surface area contributed by atoms with Crippen LogP contribution >= 0.6 is 0 Å². The summed E-state index contributed by atoms with van der Waals surface area (Å²) in [6, 6.07) is 8.30. The van der Waals surface area contributed by atoms with E-state index in [1.54, 1.807) is 0 Å². The average Bonchev–Trinajstić information content (AvgIpc) is 2.18. The fourth-order valence-corrected chi connectivity index (χ4v) is 1.88. The van der Waals surface area contributed by atoms with Gasteiger partial charge in [0.1, 0.15) is 0 Å². The number of aliphatic hydroxyl groups excluding tert-OH is 1. The number of benzene rings is 1. The molecule has 2 rings (SSSR count). The molecule has 0 saturated carbocycles. The van der Waals surface area contributed by atoms with Crippen LogP contribution in [0.5, 0.6) is 0 Å². The van der Waals surface area contributed by atoms with Gasteiger partial charge in [-0.25, -0.2) is 0 Å². The molecule has 0 bridgehead atoms. The van der Waals surface area contributed by atoms with Gasteiger partial charge >= 0.3 is 0 Å². The molecule has 0 aromatic heterocycles. The van der Waals surface area contributed by atoms with Crippen LogP contribution in [0.4, 0.5) is 0 Å². The number of aryl methyl sites for hydroxylation is 1. The molecule has 0 unspecified atom stereocenters. The maximum atomic E-state index is 9.53. The van der Waals surface area contributed by atoms with E-state index in [9.17, 15) is 5.11 Å². The molecule has 1 saturated heterocycles. The van der Waals surface area contributed by atoms with Crippen LogP contribution in [0.1, 0.15) is 30.1 Å². The molecular formula is C12H16O2. The van der Waals surface area contributed by atoms with Crippen LogP contribution in [0.25, 0.3) is 0 Å². The van der Waals surface area contributed by atoms with Gasteiger partial charge in [-0.15, -0.1) is 0 Å². The Morgan fingerprint density at radius 2 is 2.29 bits per heavy atom. The summed E-state index contributed by atoms with van der Waals surface area (Å²) in [5.74, 6) is 0. The molecule has 1 fully saturated rings. The van der Waals surface area contributed by atoms with Gasteiger partial charge in [-0.3, -0.25) is 0 Å². The summed E-state index contributed by atoms with van der Waals surface area (Å²) < 4.78 is 5.63. The molecule has 1 heterocycles. The van der Waals surface area contributed by atoms with Crippen LogP contribution in [0.15, 0.2) is 24.3 Å². The van der Waals surface area contributed by atoms with Crippen molar-refractivity contribution in [1.82, 2.24) is 0 Å². The van der Waals surface area contributed by atoms with Crippen molar-refractivity contribution in [3.63, 3.8) is 0 Å². The Hall–Kier alpha value is -0.860. The quantitative estimate of drug-likeness (QED) is 0.739. The largest absolute Gasteiger partial charge is 0.393 e. The van der Waals surface area contributed by atoms with Gasteiger partial charge in [0, 0.05) is 13.0 Å². The van der Waals surface area contributed by atoms with Crippen LogP contribution in [-0.4, -0.2) is 17.8 Å². The summed E-state index contributed by atoms with van der Waals surface area (Å²) in [4.78, 5) is 0. The fourth-order valence-electron chi connectivity index (χ4n) is 1.88. The minimum atomic E-state index is -0.200. The highest BCUT2D eigenvalue weighted by Gasteiger charge is 2.21. The minimum absolute atomic E-state index is 0.0821. The molecule has 1 N–H and O–H groups in total. The third-order valence-electron chi connectivity index (χ3n) is 2.67. The smallest absolute Gasteiger partial charge is 0.0849 e. The highest BCUT2D eigenvalue weighted by molar-refractivity contribution is 5.24. The molecule has 2 heteroatoms. The normalized spacial score (nSPS) is 27.6. The molecule has 1 aromatic rings. The molecule has 0 spiro atoms. The van der Waals surface area contributed by atoms with Crippen LogP contribution in [0.2, 0.25) is 0 Å². The molecule has 76 valence electrons. The first-order valence-electron chi connectivity index (χ1n) is 5.12. The summed E-state index contributed by atoms with van der Waals surface area (Å²) in [7, 11) is 0. The highest BCUT2D eigenvalue weighted by Crippen LogP contribution is 2.28. The topological polar surface area (TPSA) is 29.5 Å². The second-order valence-corrected chi connectivity index (χ2v) is 3.95. The first kappa shape index (κ1) is 9.69. The van der Waals surface area contributed by atoms with Gasteiger partial charge in [-0.05, 0) is 18.9 Å².